The standard InChI is InChI=1S/C13H20N2O3/c14-10-13(4-2-1-3-5-13)12(17)15-6-7-18-9-11(15)8-16/h11,16H,1-9H2. The van der Waals surface area contributed by atoms with Gasteiger partial charge < -0.3 is 14.7 Å². The number of carbonyl (C=O) groups is 1. The summed E-state index contributed by atoms with van der Waals surface area (Å²) in [6.45, 7) is 1.23. The zero-order valence-corrected chi connectivity index (χ0v) is 10.6. The normalized spacial score (nSPS) is 27.6. The Labute approximate surface area is 107 Å². The molecule has 0 aromatic carbocycles. The third-order valence-corrected chi connectivity index (χ3v) is 4.03. The second-order valence-corrected chi connectivity index (χ2v) is 5.16. The summed E-state index contributed by atoms with van der Waals surface area (Å²) in [5.41, 5.74) is -0.858. The molecule has 1 saturated heterocycles. The monoisotopic (exact) mass is 252 g/mol. The Morgan fingerprint density at radius 2 is 2.17 bits per heavy atom. The molecule has 2 fully saturated rings. The zero-order chi connectivity index (χ0) is 13.0. The summed E-state index contributed by atoms with van der Waals surface area (Å²) < 4.78 is 5.27. The van der Waals surface area contributed by atoms with Crippen molar-refractivity contribution in [1.82, 2.24) is 4.90 Å². The average molecular weight is 252 g/mol. The van der Waals surface area contributed by atoms with E-state index in [4.69, 9.17) is 4.74 Å². The summed E-state index contributed by atoms with van der Waals surface area (Å²) in [5.74, 6) is -0.105. The quantitative estimate of drug-likeness (QED) is 0.784. The number of hydrogen-bond donors (Lipinski definition) is 1. The molecule has 5 heteroatoms. The molecule has 2 rings (SSSR count). The van der Waals surface area contributed by atoms with E-state index in [9.17, 15) is 15.2 Å². The van der Waals surface area contributed by atoms with Crippen LogP contribution < -0.4 is 0 Å². The van der Waals surface area contributed by atoms with Crippen LogP contribution in [0.1, 0.15) is 32.1 Å². The number of amides is 1. The van der Waals surface area contributed by atoms with Crippen molar-refractivity contribution >= 4 is 5.91 Å². The maximum atomic E-state index is 12.6. The fourth-order valence-electron chi connectivity index (χ4n) is 2.88. The molecule has 0 spiro atoms. The van der Waals surface area contributed by atoms with Crippen LogP contribution in [0.2, 0.25) is 0 Å². The summed E-state index contributed by atoms with van der Waals surface area (Å²) in [4.78, 5) is 14.3. The lowest BCUT2D eigenvalue weighted by Gasteiger charge is -2.40. The Morgan fingerprint density at radius 1 is 1.44 bits per heavy atom. The number of nitriles is 1. The van der Waals surface area contributed by atoms with Gasteiger partial charge in [-0.2, -0.15) is 5.26 Å². The molecule has 1 amide bonds. The van der Waals surface area contributed by atoms with Crippen LogP contribution in [0.4, 0.5) is 0 Å². The summed E-state index contributed by atoms with van der Waals surface area (Å²) in [6, 6.07) is 1.95. The second-order valence-electron chi connectivity index (χ2n) is 5.16. The van der Waals surface area contributed by atoms with Crippen LogP contribution in [0.3, 0.4) is 0 Å². The summed E-state index contributed by atoms with van der Waals surface area (Å²) in [7, 11) is 0. The minimum atomic E-state index is -0.858. The van der Waals surface area contributed by atoms with E-state index in [0.717, 1.165) is 19.3 Å². The fraction of sp³-hybridized carbons (Fsp3) is 0.846. The molecule has 2 aliphatic rings. The van der Waals surface area contributed by atoms with E-state index in [-0.39, 0.29) is 18.6 Å². The Kier molecular flexibility index (Phi) is 4.20. The number of aliphatic hydroxyl groups excluding tert-OH is 1. The van der Waals surface area contributed by atoms with Crippen molar-refractivity contribution in [3.05, 3.63) is 0 Å². The molecule has 1 aliphatic heterocycles. The van der Waals surface area contributed by atoms with Crippen LogP contribution in [-0.4, -0.2) is 48.3 Å². The molecule has 100 valence electrons. The molecule has 0 aromatic rings. The predicted octanol–water partition coefficient (Wildman–Crippen LogP) is 0.680. The molecule has 1 saturated carbocycles. The van der Waals surface area contributed by atoms with E-state index < -0.39 is 5.41 Å². The van der Waals surface area contributed by atoms with Crippen molar-refractivity contribution < 1.29 is 14.6 Å². The highest BCUT2D eigenvalue weighted by Crippen LogP contribution is 2.38. The zero-order valence-electron chi connectivity index (χ0n) is 10.6. The molecular weight excluding hydrogens is 232 g/mol. The first-order valence-corrected chi connectivity index (χ1v) is 6.64. The molecule has 1 N–H and O–H groups in total. The van der Waals surface area contributed by atoms with Gasteiger partial charge in [-0.15, -0.1) is 0 Å². The van der Waals surface area contributed by atoms with E-state index in [1.807, 2.05) is 0 Å². The predicted molar refractivity (Wildman–Crippen MR) is 64.5 cm³/mol. The molecule has 1 aliphatic carbocycles. The van der Waals surface area contributed by atoms with Gasteiger partial charge in [0.1, 0.15) is 5.41 Å². The van der Waals surface area contributed by atoms with Crippen molar-refractivity contribution in [2.45, 2.75) is 38.1 Å². The first kappa shape index (κ1) is 13.3. The van der Waals surface area contributed by atoms with Gasteiger partial charge in [0, 0.05) is 6.54 Å². The lowest BCUT2D eigenvalue weighted by Crippen LogP contribution is -2.55. The lowest BCUT2D eigenvalue weighted by molar-refractivity contribution is -0.151. The molecule has 1 atom stereocenters. The molecule has 1 heterocycles. The summed E-state index contributed by atoms with van der Waals surface area (Å²) in [5, 5.41) is 18.7. The first-order chi connectivity index (χ1) is 8.73. The van der Waals surface area contributed by atoms with Crippen molar-refractivity contribution in [2.24, 2.45) is 5.41 Å². The van der Waals surface area contributed by atoms with Gasteiger partial charge >= 0.3 is 0 Å². The number of hydrogen-bond acceptors (Lipinski definition) is 4. The van der Waals surface area contributed by atoms with Crippen LogP contribution in [0.5, 0.6) is 0 Å². The van der Waals surface area contributed by atoms with Gasteiger partial charge in [-0.25, -0.2) is 0 Å². The van der Waals surface area contributed by atoms with E-state index in [0.29, 0.717) is 32.6 Å². The topological polar surface area (TPSA) is 73.6 Å². The number of morpholine rings is 1. The van der Waals surface area contributed by atoms with Crippen LogP contribution in [0, 0.1) is 16.7 Å². The Hall–Kier alpha value is -1.12. The molecular formula is C13H20N2O3. The van der Waals surface area contributed by atoms with Crippen LogP contribution in [-0.2, 0) is 9.53 Å². The van der Waals surface area contributed by atoms with Gasteiger partial charge in [0.15, 0.2) is 0 Å². The molecule has 0 radical (unpaired) electrons. The maximum absolute atomic E-state index is 12.6. The highest BCUT2D eigenvalue weighted by Gasteiger charge is 2.44. The van der Waals surface area contributed by atoms with E-state index in [1.54, 1.807) is 4.90 Å². The highest BCUT2D eigenvalue weighted by molar-refractivity contribution is 5.86. The number of rotatable bonds is 2. The van der Waals surface area contributed by atoms with Crippen molar-refractivity contribution in [3.8, 4) is 6.07 Å². The van der Waals surface area contributed by atoms with E-state index in [2.05, 4.69) is 6.07 Å². The van der Waals surface area contributed by atoms with Gasteiger partial charge in [-0.05, 0) is 12.8 Å². The van der Waals surface area contributed by atoms with Crippen LogP contribution in [0.25, 0.3) is 0 Å². The SMILES string of the molecule is N#CC1(C(=O)N2CCOCC2CO)CCCCC1. The third kappa shape index (κ3) is 2.36. The second kappa shape index (κ2) is 5.68. The molecule has 5 nitrogen and oxygen atoms in total. The van der Waals surface area contributed by atoms with Gasteiger partial charge in [-0.1, -0.05) is 19.3 Å². The summed E-state index contributed by atoms with van der Waals surface area (Å²) in [6.07, 6.45) is 4.28. The van der Waals surface area contributed by atoms with Crippen LogP contribution in [0.15, 0.2) is 0 Å². The Morgan fingerprint density at radius 3 is 2.78 bits per heavy atom. The Balaban J connectivity index is 2.15. The number of aliphatic hydroxyl groups is 1. The van der Waals surface area contributed by atoms with E-state index >= 15 is 0 Å². The first-order valence-electron chi connectivity index (χ1n) is 6.64. The van der Waals surface area contributed by atoms with E-state index in [1.165, 1.54) is 0 Å². The van der Waals surface area contributed by atoms with Crippen molar-refractivity contribution in [2.75, 3.05) is 26.4 Å². The average Bonchev–Trinajstić information content (AvgIpc) is 2.47. The van der Waals surface area contributed by atoms with Gasteiger partial charge in [0.05, 0.1) is 31.9 Å². The number of nitrogens with zero attached hydrogens (tertiary/aromatic N) is 2. The Bertz CT molecular complexity index is 345. The molecule has 18 heavy (non-hydrogen) atoms. The van der Waals surface area contributed by atoms with Crippen LogP contribution >= 0.6 is 0 Å². The minimum Gasteiger partial charge on any atom is -0.394 e. The van der Waals surface area contributed by atoms with Gasteiger partial charge in [0.25, 0.3) is 0 Å². The smallest absolute Gasteiger partial charge is 0.243 e. The lowest BCUT2D eigenvalue weighted by atomic mass is 9.74. The molecule has 1 unspecified atom stereocenters. The number of ether oxygens (including phenoxy) is 1. The third-order valence-electron chi connectivity index (χ3n) is 4.03. The van der Waals surface area contributed by atoms with Crippen molar-refractivity contribution in [1.29, 1.82) is 5.26 Å². The van der Waals surface area contributed by atoms with Gasteiger partial charge in [0.2, 0.25) is 5.91 Å². The highest BCUT2D eigenvalue weighted by atomic mass is 16.5. The number of carbonyl (C=O) groups excluding carboxylic acids is 1. The molecule has 0 aromatic heterocycles. The summed E-state index contributed by atoms with van der Waals surface area (Å²) >= 11 is 0. The molecule has 0 bridgehead atoms. The fourth-order valence-corrected chi connectivity index (χ4v) is 2.88. The maximum Gasteiger partial charge on any atom is 0.243 e. The largest absolute Gasteiger partial charge is 0.394 e. The van der Waals surface area contributed by atoms with Crippen molar-refractivity contribution in [3.63, 3.8) is 0 Å². The van der Waals surface area contributed by atoms with Gasteiger partial charge in [-0.3, -0.25) is 4.79 Å². The minimum absolute atomic E-state index is 0.104.